The van der Waals surface area contributed by atoms with Gasteiger partial charge in [-0.05, 0) is 44.1 Å². The molecule has 1 nitrogen and oxygen atoms in total. The maximum atomic E-state index is 2.48. The number of hydrogen-bond acceptors (Lipinski definition) is 1. The molecule has 1 aliphatic heterocycles. The van der Waals surface area contributed by atoms with Gasteiger partial charge in [0, 0.05) is 12.6 Å². The monoisotopic (exact) mass is 167 g/mol. The highest BCUT2D eigenvalue weighted by Crippen LogP contribution is 2.57. The van der Waals surface area contributed by atoms with Crippen LogP contribution in [0.15, 0.2) is 0 Å². The van der Waals surface area contributed by atoms with Crippen molar-refractivity contribution in [2.75, 3.05) is 13.6 Å². The number of nitrogens with zero attached hydrogens (tertiary/aromatic N) is 1. The number of hydrogen-bond donors (Lipinski definition) is 0. The Morgan fingerprint density at radius 3 is 2.25 bits per heavy atom. The van der Waals surface area contributed by atoms with E-state index in [0.717, 1.165) is 23.3 Å². The van der Waals surface area contributed by atoms with Crippen molar-refractivity contribution in [2.24, 2.45) is 17.3 Å². The van der Waals surface area contributed by atoms with Crippen LogP contribution in [0.2, 0.25) is 0 Å². The van der Waals surface area contributed by atoms with E-state index in [1.165, 1.54) is 19.4 Å². The van der Waals surface area contributed by atoms with Crippen molar-refractivity contribution in [3.63, 3.8) is 0 Å². The molecule has 70 valence electrons. The van der Waals surface area contributed by atoms with E-state index in [9.17, 15) is 0 Å². The molecule has 12 heavy (non-hydrogen) atoms. The summed E-state index contributed by atoms with van der Waals surface area (Å²) in [5.74, 6) is 1.94. The van der Waals surface area contributed by atoms with Crippen molar-refractivity contribution in [3.05, 3.63) is 0 Å². The molecule has 1 heterocycles. The zero-order chi connectivity index (χ0) is 8.93. The van der Waals surface area contributed by atoms with Crippen molar-refractivity contribution in [3.8, 4) is 0 Å². The lowest BCUT2D eigenvalue weighted by atomic mass is 9.52. The summed E-state index contributed by atoms with van der Waals surface area (Å²) >= 11 is 0. The summed E-state index contributed by atoms with van der Waals surface area (Å²) in [4.78, 5) is 2.48. The van der Waals surface area contributed by atoms with Gasteiger partial charge in [-0.2, -0.15) is 0 Å². The molecular formula is C11H21N. The Bertz CT molecular complexity index is 179. The molecule has 1 unspecified atom stereocenters. The highest BCUT2D eigenvalue weighted by Gasteiger charge is 2.56. The lowest BCUT2D eigenvalue weighted by molar-refractivity contribution is -0.141. The van der Waals surface area contributed by atoms with Gasteiger partial charge in [0.2, 0.25) is 0 Å². The Hall–Kier alpha value is -0.0400. The fourth-order valence-electron chi connectivity index (χ4n) is 3.05. The van der Waals surface area contributed by atoms with E-state index >= 15 is 0 Å². The predicted octanol–water partition coefficient (Wildman–Crippen LogP) is 2.37. The third kappa shape index (κ3) is 0.953. The van der Waals surface area contributed by atoms with E-state index in [4.69, 9.17) is 0 Å². The summed E-state index contributed by atoms with van der Waals surface area (Å²) in [5, 5.41) is 0. The van der Waals surface area contributed by atoms with Gasteiger partial charge < -0.3 is 4.90 Å². The van der Waals surface area contributed by atoms with Crippen LogP contribution < -0.4 is 0 Å². The molecule has 0 amide bonds. The van der Waals surface area contributed by atoms with Crippen LogP contribution in [0.25, 0.3) is 0 Å². The maximum absolute atomic E-state index is 2.48. The minimum atomic E-state index is 0.754. The Kier molecular flexibility index (Phi) is 1.76. The van der Waals surface area contributed by atoms with Crippen LogP contribution in [0.4, 0.5) is 0 Å². The molecule has 0 aromatic carbocycles. The molecule has 2 fully saturated rings. The summed E-state index contributed by atoms with van der Waals surface area (Å²) in [6, 6.07) is 0.854. The van der Waals surface area contributed by atoms with Gasteiger partial charge in [-0.15, -0.1) is 0 Å². The van der Waals surface area contributed by atoms with E-state index in [1.807, 2.05) is 0 Å². The highest BCUT2D eigenvalue weighted by atomic mass is 15.2. The molecule has 1 saturated heterocycles. The first-order valence-corrected chi connectivity index (χ1v) is 5.25. The second kappa shape index (κ2) is 2.47. The van der Waals surface area contributed by atoms with E-state index in [2.05, 4.69) is 32.7 Å². The summed E-state index contributed by atoms with van der Waals surface area (Å²) in [7, 11) is 2.25. The van der Waals surface area contributed by atoms with Gasteiger partial charge in [-0.1, -0.05) is 13.8 Å². The van der Waals surface area contributed by atoms with E-state index in [1.54, 1.807) is 0 Å². The Balaban J connectivity index is 1.88. The Morgan fingerprint density at radius 1 is 1.33 bits per heavy atom. The second-order valence-electron chi connectivity index (χ2n) is 5.37. The van der Waals surface area contributed by atoms with Crippen LogP contribution in [-0.4, -0.2) is 24.5 Å². The number of rotatable bonds is 1. The average Bonchev–Trinajstić information content (AvgIpc) is 1.93. The van der Waals surface area contributed by atoms with E-state index in [-0.39, 0.29) is 0 Å². The normalized spacial score (nSPS) is 47.8. The molecule has 2 rings (SSSR count). The van der Waals surface area contributed by atoms with Crippen molar-refractivity contribution in [1.82, 2.24) is 4.90 Å². The zero-order valence-corrected chi connectivity index (χ0v) is 8.80. The minimum Gasteiger partial charge on any atom is -0.302 e. The molecule has 1 heteroatoms. The van der Waals surface area contributed by atoms with Crippen molar-refractivity contribution in [2.45, 2.75) is 39.7 Å². The molecule has 2 aliphatic rings. The largest absolute Gasteiger partial charge is 0.302 e. The zero-order valence-electron chi connectivity index (χ0n) is 8.80. The quantitative estimate of drug-likeness (QED) is 0.579. The van der Waals surface area contributed by atoms with Crippen LogP contribution in [0.1, 0.15) is 33.6 Å². The standard InChI is InChI=1S/C11H21N/c1-8(2)10-5-11(6-10)7-12(4)9(11)3/h8-10H,5-7H2,1-4H3. The van der Waals surface area contributed by atoms with Crippen LogP contribution in [-0.2, 0) is 0 Å². The molecule has 1 atom stereocenters. The first kappa shape index (κ1) is 8.55. The van der Waals surface area contributed by atoms with Crippen LogP contribution >= 0.6 is 0 Å². The molecule has 0 N–H and O–H groups in total. The van der Waals surface area contributed by atoms with Crippen molar-refractivity contribution < 1.29 is 0 Å². The molecule has 1 aliphatic carbocycles. The summed E-state index contributed by atoms with van der Waals surface area (Å²) in [6.45, 7) is 8.48. The van der Waals surface area contributed by atoms with Gasteiger partial charge in [0.25, 0.3) is 0 Å². The molecule has 0 radical (unpaired) electrons. The molecule has 1 saturated carbocycles. The predicted molar refractivity (Wildman–Crippen MR) is 52.1 cm³/mol. The lowest BCUT2D eigenvalue weighted by Crippen LogP contribution is -2.67. The van der Waals surface area contributed by atoms with Crippen LogP contribution in [0.5, 0.6) is 0 Å². The molecule has 0 aromatic heterocycles. The first-order chi connectivity index (χ1) is 5.55. The van der Waals surface area contributed by atoms with Gasteiger partial charge in [0.1, 0.15) is 0 Å². The van der Waals surface area contributed by atoms with Gasteiger partial charge in [-0.3, -0.25) is 0 Å². The molecule has 0 bridgehead atoms. The van der Waals surface area contributed by atoms with E-state index in [0.29, 0.717) is 0 Å². The summed E-state index contributed by atoms with van der Waals surface area (Å²) in [5.41, 5.74) is 0.754. The van der Waals surface area contributed by atoms with E-state index < -0.39 is 0 Å². The Labute approximate surface area is 76.1 Å². The fourth-order valence-corrected chi connectivity index (χ4v) is 3.05. The van der Waals surface area contributed by atoms with Crippen molar-refractivity contribution in [1.29, 1.82) is 0 Å². The number of likely N-dealkylation sites (tertiary alicyclic amines) is 1. The average molecular weight is 167 g/mol. The van der Waals surface area contributed by atoms with Gasteiger partial charge in [0.15, 0.2) is 0 Å². The van der Waals surface area contributed by atoms with Gasteiger partial charge >= 0.3 is 0 Å². The smallest absolute Gasteiger partial charge is 0.0133 e. The highest BCUT2D eigenvalue weighted by molar-refractivity contribution is 5.08. The molecular weight excluding hydrogens is 146 g/mol. The third-order valence-corrected chi connectivity index (χ3v) is 4.39. The van der Waals surface area contributed by atoms with Crippen molar-refractivity contribution >= 4 is 0 Å². The second-order valence-corrected chi connectivity index (χ2v) is 5.37. The lowest BCUT2D eigenvalue weighted by Gasteiger charge is -2.64. The topological polar surface area (TPSA) is 3.24 Å². The molecule has 0 aromatic rings. The SMILES string of the molecule is CC(C)C1CC2(C1)CN(C)C2C. The third-order valence-electron chi connectivity index (χ3n) is 4.39. The van der Waals surface area contributed by atoms with Crippen LogP contribution in [0.3, 0.4) is 0 Å². The Morgan fingerprint density at radius 2 is 1.92 bits per heavy atom. The summed E-state index contributed by atoms with van der Waals surface area (Å²) < 4.78 is 0. The maximum Gasteiger partial charge on any atom is 0.0133 e. The fraction of sp³-hybridized carbons (Fsp3) is 1.00. The first-order valence-electron chi connectivity index (χ1n) is 5.25. The van der Waals surface area contributed by atoms with Crippen LogP contribution in [0, 0.1) is 17.3 Å². The molecule has 1 spiro atoms. The minimum absolute atomic E-state index is 0.754. The van der Waals surface area contributed by atoms with Gasteiger partial charge in [0.05, 0.1) is 0 Å². The summed E-state index contributed by atoms with van der Waals surface area (Å²) in [6.07, 6.45) is 2.99. The van der Waals surface area contributed by atoms with Gasteiger partial charge in [-0.25, -0.2) is 0 Å².